The maximum absolute atomic E-state index is 5.26. The van der Waals surface area contributed by atoms with Crippen molar-refractivity contribution in [2.45, 2.75) is 25.7 Å². The number of aromatic nitrogens is 4. The summed E-state index contributed by atoms with van der Waals surface area (Å²) in [4.78, 5) is 17.6. The van der Waals surface area contributed by atoms with E-state index >= 15 is 0 Å². The van der Waals surface area contributed by atoms with Gasteiger partial charge in [-0.3, -0.25) is 4.98 Å². The van der Waals surface area contributed by atoms with E-state index in [9.17, 15) is 0 Å². The van der Waals surface area contributed by atoms with Gasteiger partial charge in [0.2, 0.25) is 0 Å². The molecule has 4 heteroatoms. The Balaban J connectivity index is 1.65. The zero-order chi connectivity index (χ0) is 25.7. The van der Waals surface area contributed by atoms with E-state index in [1.54, 1.807) is 0 Å². The largest absolute Gasteiger partial charge is 0.355 e. The van der Waals surface area contributed by atoms with Crippen molar-refractivity contribution in [3.63, 3.8) is 0 Å². The number of aromatic amines is 2. The molecule has 0 radical (unpaired) electrons. The first-order valence-electron chi connectivity index (χ1n) is 13.1. The number of nitrogens with one attached hydrogen (secondary N) is 2. The van der Waals surface area contributed by atoms with Gasteiger partial charge in [-0.05, 0) is 59.7 Å². The van der Waals surface area contributed by atoms with Gasteiger partial charge in [-0.2, -0.15) is 0 Å². The SMILES string of the molecule is CC1(C)Cc2nc1cc1ccc(cc3nc(c(-c4ccccc4)c4ccc([nH]4)c2-c2ccccc2)C=C3)[nH]1. The molecule has 2 N–H and O–H groups in total. The van der Waals surface area contributed by atoms with Crippen LogP contribution in [0.2, 0.25) is 0 Å². The lowest BCUT2D eigenvalue weighted by atomic mass is 9.85. The van der Waals surface area contributed by atoms with Crippen LogP contribution in [0.3, 0.4) is 0 Å². The van der Waals surface area contributed by atoms with Crippen LogP contribution in [0.5, 0.6) is 0 Å². The second-order valence-corrected chi connectivity index (χ2v) is 10.7. The Hall–Kier alpha value is -4.70. The Morgan fingerprint density at radius 1 is 0.632 bits per heavy atom. The molecular weight excluding hydrogens is 464 g/mol. The fourth-order valence-corrected chi connectivity index (χ4v) is 5.53. The third-order valence-electron chi connectivity index (χ3n) is 7.44. The van der Waals surface area contributed by atoms with E-state index in [1.165, 1.54) is 0 Å². The van der Waals surface area contributed by atoms with Gasteiger partial charge >= 0.3 is 0 Å². The Bertz CT molecular complexity index is 1860. The second kappa shape index (κ2) is 8.70. The highest BCUT2D eigenvalue weighted by atomic mass is 14.8. The molecule has 2 aliphatic heterocycles. The minimum atomic E-state index is -0.0865. The summed E-state index contributed by atoms with van der Waals surface area (Å²) in [5.74, 6) is 0. The minimum absolute atomic E-state index is 0.0865. The molecule has 0 unspecified atom stereocenters. The molecule has 5 heterocycles. The predicted molar refractivity (Wildman–Crippen MR) is 158 cm³/mol. The minimum Gasteiger partial charge on any atom is -0.355 e. The van der Waals surface area contributed by atoms with Crippen LogP contribution in [0.15, 0.2) is 97.1 Å². The number of hydrogen-bond acceptors (Lipinski definition) is 2. The van der Waals surface area contributed by atoms with E-state index in [0.717, 1.165) is 73.5 Å². The lowest BCUT2D eigenvalue weighted by Gasteiger charge is -2.16. The Morgan fingerprint density at radius 3 is 1.97 bits per heavy atom. The molecule has 184 valence electrons. The predicted octanol–water partition coefficient (Wildman–Crippen LogP) is 8.34. The van der Waals surface area contributed by atoms with Crippen molar-refractivity contribution in [3.8, 4) is 22.3 Å². The van der Waals surface area contributed by atoms with Crippen molar-refractivity contribution in [2.75, 3.05) is 0 Å². The van der Waals surface area contributed by atoms with Gasteiger partial charge in [-0.1, -0.05) is 74.5 Å². The fourth-order valence-electron chi connectivity index (χ4n) is 5.53. The van der Waals surface area contributed by atoms with Gasteiger partial charge < -0.3 is 9.97 Å². The molecule has 2 aromatic carbocycles. The number of H-pyrrole nitrogens is 2. The van der Waals surface area contributed by atoms with Gasteiger partial charge in [0.25, 0.3) is 0 Å². The highest BCUT2D eigenvalue weighted by Crippen LogP contribution is 2.38. The van der Waals surface area contributed by atoms with Gasteiger partial charge in [0, 0.05) is 50.7 Å². The zero-order valence-corrected chi connectivity index (χ0v) is 21.5. The van der Waals surface area contributed by atoms with Gasteiger partial charge in [0.1, 0.15) is 0 Å². The normalized spacial score (nSPS) is 14.1. The maximum atomic E-state index is 5.26. The summed E-state index contributed by atoms with van der Waals surface area (Å²) >= 11 is 0. The monoisotopic (exact) mass is 492 g/mol. The lowest BCUT2D eigenvalue weighted by Crippen LogP contribution is -2.15. The smallest absolute Gasteiger partial charge is 0.0736 e. The summed E-state index contributed by atoms with van der Waals surface area (Å²) in [6.45, 7) is 4.55. The Kier molecular flexibility index (Phi) is 5.15. The van der Waals surface area contributed by atoms with Crippen LogP contribution in [0.25, 0.3) is 56.5 Å². The molecule has 4 nitrogen and oxygen atoms in total. The topological polar surface area (TPSA) is 57.4 Å². The van der Waals surface area contributed by atoms with Crippen LogP contribution in [0, 0.1) is 0 Å². The van der Waals surface area contributed by atoms with E-state index in [-0.39, 0.29) is 5.41 Å². The molecule has 0 saturated heterocycles. The van der Waals surface area contributed by atoms with Gasteiger partial charge in [0.15, 0.2) is 0 Å². The molecule has 0 atom stereocenters. The van der Waals surface area contributed by atoms with Crippen molar-refractivity contribution >= 4 is 34.2 Å². The van der Waals surface area contributed by atoms with Crippen molar-refractivity contribution in [2.24, 2.45) is 0 Å². The van der Waals surface area contributed by atoms with Crippen LogP contribution >= 0.6 is 0 Å². The number of benzene rings is 2. The molecule has 2 aliphatic rings. The number of nitrogens with zero attached hydrogens (tertiary/aromatic N) is 2. The standard InChI is InChI=1S/C34H28N4/c1-34(2)21-30-33(23-11-7-4-8-12-23)29-18-17-28(37-29)32(22-9-5-3-6-10-22)27-16-15-25(36-27)19-24-13-14-26(35-24)20-31(34)38-30/h3-20,35,37H,21H2,1-2H3. The summed E-state index contributed by atoms with van der Waals surface area (Å²) in [5, 5.41) is 0. The number of fused-ring (bicyclic) bond motifs is 8. The average molecular weight is 493 g/mol. The molecule has 0 saturated carbocycles. The third kappa shape index (κ3) is 3.95. The van der Waals surface area contributed by atoms with Crippen molar-refractivity contribution in [1.29, 1.82) is 0 Å². The Morgan fingerprint density at radius 2 is 1.26 bits per heavy atom. The summed E-state index contributed by atoms with van der Waals surface area (Å²) in [7, 11) is 0. The molecule has 0 spiro atoms. The van der Waals surface area contributed by atoms with Gasteiger partial charge in [0.05, 0.1) is 17.1 Å². The maximum Gasteiger partial charge on any atom is 0.0736 e. The average Bonchev–Trinajstić information content (AvgIpc) is 3.71. The van der Waals surface area contributed by atoms with Crippen molar-refractivity contribution in [3.05, 3.63) is 120 Å². The fraction of sp³-hybridized carbons (Fsp3) is 0.118. The van der Waals surface area contributed by atoms with Crippen LogP contribution in [-0.2, 0) is 11.8 Å². The van der Waals surface area contributed by atoms with Crippen LogP contribution in [0.4, 0.5) is 0 Å². The first kappa shape index (κ1) is 22.5. The summed E-state index contributed by atoms with van der Waals surface area (Å²) in [6.07, 6.45) is 5.05. The highest BCUT2D eigenvalue weighted by molar-refractivity contribution is 5.93. The number of hydrogen-bond donors (Lipinski definition) is 2. The van der Waals surface area contributed by atoms with Crippen LogP contribution < -0.4 is 0 Å². The quantitative estimate of drug-likeness (QED) is 0.255. The molecular formula is C34H28N4. The van der Waals surface area contributed by atoms with Crippen LogP contribution in [0.1, 0.15) is 36.6 Å². The molecule has 0 aliphatic carbocycles. The summed E-state index contributed by atoms with van der Waals surface area (Å²) in [6, 6.07) is 33.9. The molecule has 38 heavy (non-hydrogen) atoms. The molecule has 5 aromatic rings. The molecule has 7 rings (SSSR count). The van der Waals surface area contributed by atoms with E-state index in [0.29, 0.717) is 0 Å². The van der Waals surface area contributed by atoms with E-state index in [2.05, 4.69) is 127 Å². The van der Waals surface area contributed by atoms with E-state index < -0.39 is 0 Å². The zero-order valence-electron chi connectivity index (χ0n) is 21.5. The van der Waals surface area contributed by atoms with Gasteiger partial charge in [-0.15, -0.1) is 0 Å². The summed E-state index contributed by atoms with van der Waals surface area (Å²) in [5.41, 5.74) is 12.6. The summed E-state index contributed by atoms with van der Waals surface area (Å²) < 4.78 is 0. The lowest BCUT2D eigenvalue weighted by molar-refractivity contribution is 0.544. The molecule has 0 amide bonds. The Labute approximate surface area is 221 Å². The van der Waals surface area contributed by atoms with E-state index in [4.69, 9.17) is 9.97 Å². The highest BCUT2D eigenvalue weighted by Gasteiger charge is 2.30. The third-order valence-corrected chi connectivity index (χ3v) is 7.44. The first-order chi connectivity index (χ1) is 18.5. The second-order valence-electron chi connectivity index (χ2n) is 10.7. The van der Waals surface area contributed by atoms with Gasteiger partial charge in [-0.25, -0.2) is 4.98 Å². The van der Waals surface area contributed by atoms with E-state index in [1.807, 2.05) is 6.07 Å². The molecule has 8 bridgehead atoms. The van der Waals surface area contributed by atoms with Crippen molar-refractivity contribution < 1.29 is 0 Å². The molecule has 0 fully saturated rings. The van der Waals surface area contributed by atoms with Crippen LogP contribution in [-0.4, -0.2) is 19.9 Å². The molecule has 3 aromatic heterocycles. The van der Waals surface area contributed by atoms with Crippen molar-refractivity contribution in [1.82, 2.24) is 19.9 Å². The number of rotatable bonds is 2. The first-order valence-corrected chi connectivity index (χ1v) is 13.1.